The van der Waals surface area contributed by atoms with Crippen LogP contribution in [0.4, 0.5) is 5.69 Å². The van der Waals surface area contributed by atoms with Gasteiger partial charge in [0.25, 0.3) is 10.0 Å². The molecule has 0 atom stereocenters. The predicted molar refractivity (Wildman–Crippen MR) is 134 cm³/mol. The Labute approximate surface area is 200 Å². The fourth-order valence-electron chi connectivity index (χ4n) is 3.38. The van der Waals surface area contributed by atoms with Gasteiger partial charge in [-0.2, -0.15) is 11.8 Å². The molecule has 6 nitrogen and oxygen atoms in total. The molecule has 2 aromatic carbocycles. The lowest BCUT2D eigenvalue weighted by Crippen LogP contribution is -2.41. The van der Waals surface area contributed by atoms with Crippen molar-refractivity contribution in [1.82, 2.24) is 5.32 Å². The molecule has 8 heteroatoms. The van der Waals surface area contributed by atoms with E-state index < -0.39 is 10.0 Å². The molecule has 0 bridgehead atoms. The highest BCUT2D eigenvalue weighted by Gasteiger charge is 2.28. The first-order valence-corrected chi connectivity index (χ1v) is 13.4. The Balaban J connectivity index is 1.66. The second kappa shape index (κ2) is 11.4. The van der Waals surface area contributed by atoms with Crippen molar-refractivity contribution in [2.45, 2.75) is 37.8 Å². The van der Waals surface area contributed by atoms with Crippen LogP contribution in [0.5, 0.6) is 0 Å². The highest BCUT2D eigenvalue weighted by molar-refractivity contribution is 7.98. The number of hydrogen-bond donors (Lipinski definition) is 1. The van der Waals surface area contributed by atoms with Crippen molar-refractivity contribution in [1.29, 1.82) is 0 Å². The number of aryl methyl sites for hydroxylation is 3. The Hall–Kier alpha value is -2.71. The second-order valence-corrected chi connectivity index (χ2v) is 10.9. The van der Waals surface area contributed by atoms with E-state index in [4.69, 9.17) is 4.42 Å². The molecule has 33 heavy (non-hydrogen) atoms. The Morgan fingerprint density at radius 3 is 2.42 bits per heavy atom. The summed E-state index contributed by atoms with van der Waals surface area (Å²) in [6.07, 6.45) is 2.44. The molecule has 0 saturated carbocycles. The maximum atomic E-state index is 13.5. The number of carbonyl (C=O) groups excluding carboxylic acids is 1. The van der Waals surface area contributed by atoms with Crippen molar-refractivity contribution in [3.8, 4) is 0 Å². The summed E-state index contributed by atoms with van der Waals surface area (Å²) >= 11 is 1.73. The van der Waals surface area contributed by atoms with Gasteiger partial charge in [-0.3, -0.25) is 9.10 Å². The number of rotatable bonds is 11. The third kappa shape index (κ3) is 6.88. The fraction of sp³-hybridized carbons (Fsp3) is 0.320. The highest BCUT2D eigenvalue weighted by Crippen LogP contribution is 2.27. The number of furan rings is 1. The zero-order valence-corrected chi connectivity index (χ0v) is 20.8. The minimum atomic E-state index is -3.91. The SMILES string of the molecule is Cc1ccc(S(=O)(=O)N(CC(=O)NCCCSCc2ccco2)c2ccc(C)cc2C)cc1. The van der Waals surface area contributed by atoms with Crippen LogP contribution < -0.4 is 9.62 Å². The van der Waals surface area contributed by atoms with Crippen LogP contribution in [0, 0.1) is 20.8 Å². The first kappa shape index (κ1) is 24.9. The summed E-state index contributed by atoms with van der Waals surface area (Å²) in [7, 11) is -3.91. The van der Waals surface area contributed by atoms with Crippen LogP contribution in [-0.2, 0) is 20.6 Å². The number of nitrogens with zero attached hydrogens (tertiary/aromatic N) is 1. The summed E-state index contributed by atoms with van der Waals surface area (Å²) < 4.78 is 33.5. The van der Waals surface area contributed by atoms with Crippen molar-refractivity contribution in [3.05, 3.63) is 83.3 Å². The van der Waals surface area contributed by atoms with Gasteiger partial charge in [0.2, 0.25) is 5.91 Å². The van der Waals surface area contributed by atoms with E-state index in [9.17, 15) is 13.2 Å². The lowest BCUT2D eigenvalue weighted by Gasteiger charge is -2.26. The standard InChI is InChI=1S/C25H30N2O4S2/c1-19-7-10-23(11-8-19)33(29,30)27(24-12-9-20(2)16-21(24)3)17-25(28)26-13-5-15-32-18-22-6-4-14-31-22/h4,6-12,14,16H,5,13,15,17-18H2,1-3H3,(H,26,28). The van der Waals surface area contributed by atoms with Gasteiger partial charge in [0.1, 0.15) is 12.3 Å². The number of carbonyl (C=O) groups is 1. The van der Waals surface area contributed by atoms with E-state index in [-0.39, 0.29) is 17.3 Å². The average molecular weight is 487 g/mol. The molecular formula is C25H30N2O4S2. The molecule has 1 amide bonds. The number of sulfonamides is 1. The molecule has 0 radical (unpaired) electrons. The molecule has 3 aromatic rings. The summed E-state index contributed by atoms with van der Waals surface area (Å²) in [6.45, 7) is 5.91. The number of nitrogens with one attached hydrogen (secondary N) is 1. The van der Waals surface area contributed by atoms with E-state index >= 15 is 0 Å². The molecule has 0 aliphatic rings. The first-order chi connectivity index (χ1) is 15.8. The van der Waals surface area contributed by atoms with Gasteiger partial charge in [-0.25, -0.2) is 8.42 Å². The second-order valence-electron chi connectivity index (χ2n) is 7.95. The predicted octanol–water partition coefficient (Wildman–Crippen LogP) is 4.84. The molecule has 176 valence electrons. The van der Waals surface area contributed by atoms with Crippen molar-refractivity contribution in [2.75, 3.05) is 23.1 Å². The number of anilines is 1. The lowest BCUT2D eigenvalue weighted by molar-refractivity contribution is -0.119. The monoisotopic (exact) mass is 486 g/mol. The molecule has 0 spiro atoms. The van der Waals surface area contributed by atoms with Crippen LogP contribution in [0.25, 0.3) is 0 Å². The number of amides is 1. The van der Waals surface area contributed by atoms with Gasteiger partial charge in [0, 0.05) is 6.54 Å². The largest absolute Gasteiger partial charge is 0.468 e. The van der Waals surface area contributed by atoms with E-state index in [1.807, 2.05) is 45.0 Å². The Bertz CT molecular complexity index is 1160. The summed E-state index contributed by atoms with van der Waals surface area (Å²) in [4.78, 5) is 12.9. The average Bonchev–Trinajstić information content (AvgIpc) is 3.29. The van der Waals surface area contributed by atoms with Gasteiger partial charge in [-0.15, -0.1) is 0 Å². The van der Waals surface area contributed by atoms with E-state index in [0.717, 1.165) is 40.4 Å². The Morgan fingerprint density at radius 2 is 1.76 bits per heavy atom. The molecule has 0 aliphatic heterocycles. The molecule has 0 unspecified atom stereocenters. The smallest absolute Gasteiger partial charge is 0.264 e. The molecule has 1 aromatic heterocycles. The van der Waals surface area contributed by atoms with Gasteiger partial charge in [-0.1, -0.05) is 35.4 Å². The summed E-state index contributed by atoms with van der Waals surface area (Å²) in [5, 5.41) is 2.86. The number of hydrogen-bond acceptors (Lipinski definition) is 5. The van der Waals surface area contributed by atoms with Crippen LogP contribution in [0.15, 0.2) is 70.2 Å². The molecular weight excluding hydrogens is 456 g/mol. The van der Waals surface area contributed by atoms with E-state index in [1.165, 1.54) is 4.31 Å². The summed E-state index contributed by atoms with van der Waals surface area (Å²) in [5.74, 6) is 2.25. The third-order valence-electron chi connectivity index (χ3n) is 5.13. The fourth-order valence-corrected chi connectivity index (χ4v) is 5.72. The molecule has 1 N–H and O–H groups in total. The van der Waals surface area contributed by atoms with Crippen LogP contribution in [-0.4, -0.2) is 33.2 Å². The maximum Gasteiger partial charge on any atom is 0.264 e. The molecule has 0 fully saturated rings. The van der Waals surface area contributed by atoms with Crippen LogP contribution in [0.3, 0.4) is 0 Å². The Kier molecular flexibility index (Phi) is 8.63. The maximum absolute atomic E-state index is 13.5. The molecule has 0 aliphatic carbocycles. The zero-order valence-electron chi connectivity index (χ0n) is 19.2. The summed E-state index contributed by atoms with van der Waals surface area (Å²) in [5.41, 5.74) is 3.30. The van der Waals surface area contributed by atoms with Crippen molar-refractivity contribution < 1.29 is 17.6 Å². The van der Waals surface area contributed by atoms with Gasteiger partial charge >= 0.3 is 0 Å². The van der Waals surface area contributed by atoms with Crippen molar-refractivity contribution >= 4 is 33.4 Å². The summed E-state index contributed by atoms with van der Waals surface area (Å²) in [6, 6.07) is 16.0. The zero-order chi connectivity index (χ0) is 23.8. The topological polar surface area (TPSA) is 79.6 Å². The number of benzene rings is 2. The molecule has 0 saturated heterocycles. The van der Waals surface area contributed by atoms with Gasteiger partial charge in [-0.05, 0) is 68.8 Å². The minimum absolute atomic E-state index is 0.162. The van der Waals surface area contributed by atoms with Crippen LogP contribution >= 0.6 is 11.8 Å². The minimum Gasteiger partial charge on any atom is -0.468 e. The van der Waals surface area contributed by atoms with E-state index in [2.05, 4.69) is 5.32 Å². The quantitative estimate of drug-likeness (QED) is 0.392. The van der Waals surface area contributed by atoms with Gasteiger partial charge in [0.15, 0.2) is 0 Å². The van der Waals surface area contributed by atoms with Crippen LogP contribution in [0.1, 0.15) is 28.9 Å². The van der Waals surface area contributed by atoms with Crippen molar-refractivity contribution in [2.24, 2.45) is 0 Å². The van der Waals surface area contributed by atoms with Gasteiger partial charge < -0.3 is 9.73 Å². The van der Waals surface area contributed by atoms with Crippen molar-refractivity contribution in [3.63, 3.8) is 0 Å². The molecule has 1 heterocycles. The lowest BCUT2D eigenvalue weighted by atomic mass is 10.1. The highest BCUT2D eigenvalue weighted by atomic mass is 32.2. The van der Waals surface area contributed by atoms with Gasteiger partial charge in [0.05, 0.1) is 22.6 Å². The van der Waals surface area contributed by atoms with Crippen LogP contribution in [0.2, 0.25) is 0 Å². The Morgan fingerprint density at radius 1 is 1.03 bits per heavy atom. The van der Waals surface area contributed by atoms with E-state index in [0.29, 0.717) is 12.2 Å². The number of thioether (sulfide) groups is 1. The first-order valence-electron chi connectivity index (χ1n) is 10.8. The van der Waals surface area contributed by atoms with E-state index in [1.54, 1.807) is 48.4 Å². The normalized spacial score (nSPS) is 11.4. The third-order valence-corrected chi connectivity index (χ3v) is 7.97. The molecule has 3 rings (SSSR count).